The molecule has 1 saturated carbocycles. The molecule has 0 aliphatic heterocycles. The molecule has 0 saturated heterocycles. The second kappa shape index (κ2) is 13.9. The van der Waals surface area contributed by atoms with Gasteiger partial charge in [-0.15, -0.1) is 0 Å². The van der Waals surface area contributed by atoms with Crippen LogP contribution < -0.4 is 9.47 Å². The van der Waals surface area contributed by atoms with Crippen molar-refractivity contribution in [3.63, 3.8) is 0 Å². The molecule has 0 unspecified atom stereocenters. The van der Waals surface area contributed by atoms with Crippen molar-refractivity contribution in [3.8, 4) is 11.5 Å². The van der Waals surface area contributed by atoms with Crippen LogP contribution in [0.3, 0.4) is 0 Å². The van der Waals surface area contributed by atoms with Crippen LogP contribution in [0.2, 0.25) is 0 Å². The Hall–Kier alpha value is -3.14. The van der Waals surface area contributed by atoms with Crippen LogP contribution in [0.1, 0.15) is 37.3 Å². The fourth-order valence-electron chi connectivity index (χ4n) is 3.05. The molecular weight excluding hydrogens is 380 g/mol. The number of hydrogen-bond donors (Lipinski definition) is 3. The van der Waals surface area contributed by atoms with Gasteiger partial charge in [0.1, 0.15) is 6.61 Å². The Morgan fingerprint density at radius 3 is 2.34 bits per heavy atom. The normalized spacial score (nSPS) is 12.9. The van der Waals surface area contributed by atoms with E-state index < -0.39 is 0 Å². The van der Waals surface area contributed by atoms with Crippen molar-refractivity contribution in [2.75, 3.05) is 14.2 Å². The van der Waals surface area contributed by atoms with Gasteiger partial charge in [-0.25, -0.2) is 4.98 Å². The van der Waals surface area contributed by atoms with Crippen molar-refractivity contribution in [1.82, 2.24) is 20.1 Å². The van der Waals surface area contributed by atoms with Gasteiger partial charge in [-0.2, -0.15) is 5.10 Å². The van der Waals surface area contributed by atoms with Crippen LogP contribution in [0, 0.1) is 0 Å². The summed E-state index contributed by atoms with van der Waals surface area (Å²) < 4.78 is 11.0. The number of methoxy groups -OCH3 is 1. The number of ether oxygens (including phenoxy) is 2. The van der Waals surface area contributed by atoms with E-state index in [1.54, 1.807) is 7.11 Å². The van der Waals surface area contributed by atoms with Crippen LogP contribution in [0.4, 0.5) is 0 Å². The number of hydrogen-bond acceptors (Lipinski definition) is 7. The largest absolute Gasteiger partial charge is 0.493 e. The van der Waals surface area contributed by atoms with Crippen LogP contribution in [-0.4, -0.2) is 63.4 Å². The zero-order valence-corrected chi connectivity index (χ0v) is 16.7. The molecule has 3 rings (SSSR count). The lowest BCUT2D eigenvalue weighted by Crippen LogP contribution is -2.29. The predicted octanol–water partition coefficient (Wildman–Crippen LogP) is 2.17. The van der Waals surface area contributed by atoms with E-state index in [4.69, 9.17) is 29.3 Å². The third kappa shape index (κ3) is 8.60. The maximum Gasteiger partial charge on any atom is 0.290 e. The van der Waals surface area contributed by atoms with Crippen molar-refractivity contribution >= 4 is 12.9 Å². The second-order valence-electron chi connectivity index (χ2n) is 6.20. The smallest absolute Gasteiger partial charge is 0.290 e. The monoisotopic (exact) mass is 408 g/mol. The molecule has 0 radical (unpaired) electrons. The topological polar surface area (TPSA) is 138 Å². The van der Waals surface area contributed by atoms with Crippen molar-refractivity contribution < 1.29 is 29.3 Å². The summed E-state index contributed by atoms with van der Waals surface area (Å²) in [6.45, 7) is 0.621. The Labute approximate surface area is 169 Å². The molecule has 1 aliphatic rings. The standard InChI is InChI=1S/C17H24N4O2.2CH2O2/c1-21(13-7-3-4-8-13)11-16-18-17(20-19-16)12-23-15-10-6-5-9-14(15)22-2;2*2-1-3/h5-6,9-10,13H,3-4,7-8,11-12H2,1-2H3,(H,18,19,20);2*1H,(H,2,3). The van der Waals surface area contributed by atoms with Gasteiger partial charge < -0.3 is 19.7 Å². The Bertz CT molecular complexity index is 712. The fourth-order valence-corrected chi connectivity index (χ4v) is 3.05. The van der Waals surface area contributed by atoms with Crippen molar-refractivity contribution in [3.05, 3.63) is 35.9 Å². The van der Waals surface area contributed by atoms with Crippen molar-refractivity contribution in [2.45, 2.75) is 44.9 Å². The minimum Gasteiger partial charge on any atom is -0.493 e. The number of benzene rings is 1. The number of para-hydroxylation sites is 2. The van der Waals surface area contributed by atoms with E-state index in [1.807, 2.05) is 24.3 Å². The minimum absolute atomic E-state index is 0.250. The lowest BCUT2D eigenvalue weighted by atomic mass is 10.2. The van der Waals surface area contributed by atoms with Gasteiger partial charge in [0.05, 0.1) is 13.7 Å². The summed E-state index contributed by atoms with van der Waals surface area (Å²) in [6.07, 6.45) is 5.23. The zero-order valence-electron chi connectivity index (χ0n) is 16.7. The fraction of sp³-hybridized carbons (Fsp3) is 0.474. The van der Waals surface area contributed by atoms with E-state index in [0.29, 0.717) is 24.1 Å². The first-order chi connectivity index (χ1) is 14.1. The summed E-state index contributed by atoms with van der Waals surface area (Å²) in [5, 5.41) is 21.0. The average molecular weight is 408 g/mol. The van der Waals surface area contributed by atoms with Gasteiger partial charge in [0.25, 0.3) is 12.9 Å². The highest BCUT2D eigenvalue weighted by Crippen LogP contribution is 2.26. The Kier molecular flexibility index (Phi) is 11.5. The Morgan fingerprint density at radius 1 is 1.17 bits per heavy atom. The Morgan fingerprint density at radius 2 is 1.76 bits per heavy atom. The quantitative estimate of drug-likeness (QED) is 0.588. The van der Waals surface area contributed by atoms with E-state index in [2.05, 4.69) is 27.1 Å². The van der Waals surface area contributed by atoms with Crippen molar-refractivity contribution in [1.29, 1.82) is 0 Å². The molecule has 3 N–H and O–H groups in total. The summed E-state index contributed by atoms with van der Waals surface area (Å²) >= 11 is 0. The van der Waals surface area contributed by atoms with E-state index in [0.717, 1.165) is 18.2 Å². The van der Waals surface area contributed by atoms with E-state index in [-0.39, 0.29) is 12.9 Å². The SMILES string of the molecule is COc1ccccc1OCc1nc(CN(C)C2CCCC2)n[nH]1.O=CO.O=CO. The summed E-state index contributed by atoms with van der Waals surface area (Å²) in [5.41, 5.74) is 0. The molecule has 29 heavy (non-hydrogen) atoms. The second-order valence-corrected chi connectivity index (χ2v) is 6.20. The highest BCUT2D eigenvalue weighted by molar-refractivity contribution is 5.39. The molecule has 1 aliphatic carbocycles. The van der Waals surface area contributed by atoms with Gasteiger partial charge >= 0.3 is 0 Å². The third-order valence-electron chi connectivity index (χ3n) is 4.35. The number of H-pyrrole nitrogens is 1. The summed E-state index contributed by atoms with van der Waals surface area (Å²) in [5.74, 6) is 2.97. The zero-order chi connectivity index (χ0) is 21.5. The number of aromatic amines is 1. The first kappa shape index (κ1) is 23.9. The lowest BCUT2D eigenvalue weighted by molar-refractivity contribution is -0.123. The van der Waals surface area contributed by atoms with Crippen LogP contribution in [-0.2, 0) is 22.7 Å². The van der Waals surface area contributed by atoms with Gasteiger partial charge in [-0.3, -0.25) is 19.6 Å². The Balaban J connectivity index is 0.000000626. The summed E-state index contributed by atoms with van der Waals surface area (Å²) in [6, 6.07) is 8.25. The molecule has 1 fully saturated rings. The first-order valence-corrected chi connectivity index (χ1v) is 9.11. The maximum atomic E-state index is 8.36. The van der Waals surface area contributed by atoms with Crippen molar-refractivity contribution in [2.24, 2.45) is 0 Å². The molecule has 2 aromatic rings. The van der Waals surface area contributed by atoms with Gasteiger partial charge in [0.15, 0.2) is 23.1 Å². The number of aromatic nitrogens is 3. The summed E-state index contributed by atoms with van der Waals surface area (Å²) in [4.78, 5) is 23.6. The molecule has 0 amide bonds. The van der Waals surface area contributed by atoms with Gasteiger partial charge in [0, 0.05) is 6.04 Å². The third-order valence-corrected chi connectivity index (χ3v) is 4.35. The molecule has 0 bridgehead atoms. The van der Waals surface area contributed by atoms with Crippen LogP contribution in [0.15, 0.2) is 24.3 Å². The van der Waals surface area contributed by atoms with Gasteiger partial charge in [0.2, 0.25) is 0 Å². The van der Waals surface area contributed by atoms with Crippen LogP contribution in [0.25, 0.3) is 0 Å². The molecule has 1 aromatic carbocycles. The summed E-state index contributed by atoms with van der Waals surface area (Å²) in [7, 11) is 3.78. The molecule has 1 heterocycles. The molecule has 0 atom stereocenters. The van der Waals surface area contributed by atoms with E-state index in [9.17, 15) is 0 Å². The highest BCUT2D eigenvalue weighted by atomic mass is 16.5. The van der Waals surface area contributed by atoms with Crippen LogP contribution in [0.5, 0.6) is 11.5 Å². The number of nitrogens with zero attached hydrogens (tertiary/aromatic N) is 3. The minimum atomic E-state index is -0.250. The lowest BCUT2D eigenvalue weighted by Gasteiger charge is -2.22. The van der Waals surface area contributed by atoms with Crippen LogP contribution >= 0.6 is 0 Å². The predicted molar refractivity (Wildman–Crippen MR) is 105 cm³/mol. The van der Waals surface area contributed by atoms with E-state index >= 15 is 0 Å². The molecule has 10 heteroatoms. The number of carbonyl (C=O) groups is 2. The molecule has 160 valence electrons. The van der Waals surface area contributed by atoms with E-state index in [1.165, 1.54) is 25.7 Å². The van der Waals surface area contributed by atoms with Gasteiger partial charge in [-0.05, 0) is 32.0 Å². The molecule has 1 aromatic heterocycles. The average Bonchev–Trinajstić information content (AvgIpc) is 3.40. The molecule has 0 spiro atoms. The first-order valence-electron chi connectivity index (χ1n) is 9.11. The number of rotatable bonds is 7. The maximum absolute atomic E-state index is 8.36. The number of carboxylic acid groups (broad SMARTS) is 2. The number of nitrogens with one attached hydrogen (secondary N) is 1. The highest BCUT2D eigenvalue weighted by Gasteiger charge is 2.20. The molecular formula is C19H28N4O6. The van der Waals surface area contributed by atoms with Gasteiger partial charge in [-0.1, -0.05) is 25.0 Å². The molecule has 10 nitrogen and oxygen atoms in total.